The van der Waals surface area contributed by atoms with Gasteiger partial charge in [0.25, 0.3) is 0 Å². The molecule has 13 heavy (non-hydrogen) atoms. The molecule has 0 unspecified atom stereocenters. The molecular weight excluding hydrogens is 163 g/mol. The molecule has 0 atom stereocenters. The second-order valence-corrected chi connectivity index (χ2v) is 3.20. The highest BCUT2D eigenvalue weighted by atomic mass is 16.3. The lowest BCUT2D eigenvalue weighted by molar-refractivity contribution is 0.471. The van der Waals surface area contributed by atoms with E-state index >= 15 is 0 Å². The van der Waals surface area contributed by atoms with Gasteiger partial charge in [-0.1, -0.05) is 12.6 Å². The molecule has 67 valence electrons. The largest absolute Gasteiger partial charge is 0.504 e. The Kier molecular flexibility index (Phi) is 2.39. The third-order valence-electron chi connectivity index (χ3n) is 2.27. The van der Waals surface area contributed by atoms with Crippen molar-refractivity contribution in [3.05, 3.63) is 18.3 Å². The highest BCUT2D eigenvalue weighted by Gasteiger charge is 2.14. The zero-order chi connectivity index (χ0) is 9.10. The molecule has 0 bridgehead atoms. The fraction of sp³-hybridized carbons (Fsp3) is 0.444. The summed E-state index contributed by atoms with van der Waals surface area (Å²) in [6.45, 7) is 1.93. The topological polar surface area (TPSA) is 36.4 Å². The van der Waals surface area contributed by atoms with E-state index < -0.39 is 0 Å². The summed E-state index contributed by atoms with van der Waals surface area (Å²) in [5, 5.41) is 9.55. The summed E-state index contributed by atoms with van der Waals surface area (Å²) < 4.78 is 0. The van der Waals surface area contributed by atoms with Crippen LogP contribution in [0.5, 0.6) is 5.75 Å². The first-order chi connectivity index (χ1) is 6.38. The van der Waals surface area contributed by atoms with Crippen LogP contribution >= 0.6 is 0 Å². The lowest BCUT2D eigenvalue weighted by atomic mass is 9.68. The van der Waals surface area contributed by atoms with Gasteiger partial charge in [-0.25, -0.2) is 4.98 Å². The van der Waals surface area contributed by atoms with E-state index in [0.29, 0.717) is 0 Å². The molecule has 0 aromatic carbocycles. The Labute approximate surface area is 78.6 Å². The predicted octanol–water partition coefficient (Wildman–Crippen LogP) is 1.15. The van der Waals surface area contributed by atoms with Gasteiger partial charge in [-0.05, 0) is 12.1 Å². The van der Waals surface area contributed by atoms with E-state index in [9.17, 15) is 5.11 Å². The first-order valence-electron chi connectivity index (χ1n) is 4.58. The fourth-order valence-electron chi connectivity index (χ4n) is 1.59. The molecule has 1 aromatic heterocycles. The van der Waals surface area contributed by atoms with Crippen molar-refractivity contribution < 1.29 is 5.11 Å². The molecule has 0 aliphatic carbocycles. The molecule has 3 nitrogen and oxygen atoms in total. The molecule has 1 aromatic rings. The minimum atomic E-state index is 0.282. The van der Waals surface area contributed by atoms with Gasteiger partial charge in [0.2, 0.25) is 0 Å². The Bertz CT molecular complexity index is 287. The summed E-state index contributed by atoms with van der Waals surface area (Å²) in [6.07, 6.45) is 3.87. The van der Waals surface area contributed by atoms with Crippen LogP contribution in [0.2, 0.25) is 12.6 Å². The number of anilines is 1. The van der Waals surface area contributed by atoms with Crippen molar-refractivity contribution in [2.24, 2.45) is 0 Å². The van der Waals surface area contributed by atoms with Gasteiger partial charge in [-0.2, -0.15) is 0 Å². The maximum Gasteiger partial charge on any atom is 0.171 e. The van der Waals surface area contributed by atoms with E-state index in [1.54, 1.807) is 18.3 Å². The van der Waals surface area contributed by atoms with Crippen molar-refractivity contribution in [1.29, 1.82) is 0 Å². The van der Waals surface area contributed by atoms with Crippen molar-refractivity contribution in [2.75, 3.05) is 18.0 Å². The third-order valence-corrected chi connectivity index (χ3v) is 2.27. The van der Waals surface area contributed by atoms with Crippen LogP contribution in [-0.4, -0.2) is 30.5 Å². The number of aromatic hydroxyl groups is 1. The van der Waals surface area contributed by atoms with Gasteiger partial charge in [0.05, 0.1) is 0 Å². The maximum atomic E-state index is 9.55. The van der Waals surface area contributed by atoms with Crippen molar-refractivity contribution in [3.8, 4) is 5.75 Å². The Morgan fingerprint density at radius 3 is 2.85 bits per heavy atom. The van der Waals surface area contributed by atoms with Crippen LogP contribution < -0.4 is 4.90 Å². The molecule has 1 N–H and O–H groups in total. The normalized spacial score (nSPS) is 16.8. The van der Waals surface area contributed by atoms with Gasteiger partial charge in [0.1, 0.15) is 7.28 Å². The SMILES string of the molecule is Oc1cccnc1N1CC[B]CC1. The highest BCUT2D eigenvalue weighted by molar-refractivity contribution is 6.36. The quantitative estimate of drug-likeness (QED) is 0.650. The van der Waals surface area contributed by atoms with Crippen LogP contribution in [0.15, 0.2) is 18.3 Å². The van der Waals surface area contributed by atoms with Crippen LogP contribution in [-0.2, 0) is 0 Å². The summed E-state index contributed by atoms with van der Waals surface area (Å²) in [6, 6.07) is 3.43. The molecule has 2 rings (SSSR count). The monoisotopic (exact) mass is 175 g/mol. The third kappa shape index (κ3) is 1.77. The molecule has 1 saturated heterocycles. The number of pyridine rings is 1. The molecule has 1 aliphatic heterocycles. The van der Waals surface area contributed by atoms with Crippen LogP contribution in [0.25, 0.3) is 0 Å². The van der Waals surface area contributed by atoms with Gasteiger partial charge >= 0.3 is 0 Å². The smallest absolute Gasteiger partial charge is 0.171 e. The van der Waals surface area contributed by atoms with Gasteiger partial charge in [-0.3, -0.25) is 0 Å². The number of rotatable bonds is 1. The van der Waals surface area contributed by atoms with E-state index in [4.69, 9.17) is 0 Å². The lowest BCUT2D eigenvalue weighted by Gasteiger charge is -2.27. The molecule has 4 heteroatoms. The predicted molar refractivity (Wildman–Crippen MR) is 53.5 cm³/mol. The number of aromatic nitrogens is 1. The molecular formula is C9H12BN2O. The summed E-state index contributed by atoms with van der Waals surface area (Å²) in [5.41, 5.74) is 0. The number of nitrogens with zero attached hydrogens (tertiary/aromatic N) is 2. The van der Waals surface area contributed by atoms with Gasteiger partial charge in [0.15, 0.2) is 11.6 Å². The van der Waals surface area contributed by atoms with E-state index in [1.165, 1.54) is 0 Å². The van der Waals surface area contributed by atoms with Crippen molar-refractivity contribution in [2.45, 2.75) is 12.6 Å². The summed E-state index contributed by atoms with van der Waals surface area (Å²) >= 11 is 0. The Morgan fingerprint density at radius 1 is 1.38 bits per heavy atom. The van der Waals surface area contributed by atoms with E-state index in [2.05, 4.69) is 17.2 Å². The molecule has 0 spiro atoms. The number of hydrogen-bond donors (Lipinski definition) is 1. The summed E-state index contributed by atoms with van der Waals surface area (Å²) in [7, 11) is 2.27. The highest BCUT2D eigenvalue weighted by Crippen LogP contribution is 2.24. The van der Waals surface area contributed by atoms with Crippen LogP contribution in [0.3, 0.4) is 0 Å². The Hall–Kier alpha value is -1.19. The lowest BCUT2D eigenvalue weighted by Crippen LogP contribution is -2.32. The second kappa shape index (κ2) is 3.68. The summed E-state index contributed by atoms with van der Waals surface area (Å²) in [5.74, 6) is 1.00. The van der Waals surface area contributed by atoms with Gasteiger partial charge < -0.3 is 10.0 Å². The molecule has 1 fully saturated rings. The fourth-order valence-corrected chi connectivity index (χ4v) is 1.59. The van der Waals surface area contributed by atoms with Crippen molar-refractivity contribution >= 4 is 13.1 Å². The molecule has 1 aliphatic rings. The summed E-state index contributed by atoms with van der Waals surface area (Å²) in [4.78, 5) is 6.28. The average Bonchev–Trinajstić information content (AvgIpc) is 2.20. The molecule has 1 radical (unpaired) electrons. The first kappa shape index (κ1) is 8.41. The molecule has 2 heterocycles. The molecule has 0 saturated carbocycles. The average molecular weight is 175 g/mol. The maximum absolute atomic E-state index is 9.55. The zero-order valence-corrected chi connectivity index (χ0v) is 7.48. The minimum Gasteiger partial charge on any atom is -0.504 e. The Morgan fingerprint density at radius 2 is 2.15 bits per heavy atom. The van der Waals surface area contributed by atoms with Gasteiger partial charge in [-0.15, -0.1) is 0 Å². The van der Waals surface area contributed by atoms with E-state index in [0.717, 1.165) is 31.5 Å². The van der Waals surface area contributed by atoms with E-state index in [-0.39, 0.29) is 5.75 Å². The minimum absolute atomic E-state index is 0.282. The van der Waals surface area contributed by atoms with Crippen molar-refractivity contribution in [1.82, 2.24) is 4.98 Å². The Balaban J connectivity index is 2.18. The molecule has 0 amide bonds. The zero-order valence-electron chi connectivity index (χ0n) is 7.48. The van der Waals surface area contributed by atoms with E-state index in [1.807, 2.05) is 0 Å². The van der Waals surface area contributed by atoms with Crippen LogP contribution in [0, 0.1) is 0 Å². The standard InChI is InChI=1S/C9H12BN2O/c13-8-2-1-5-11-9(8)12-6-3-10-4-7-12/h1-2,5,13H,3-4,6-7H2. The van der Waals surface area contributed by atoms with Crippen molar-refractivity contribution in [3.63, 3.8) is 0 Å². The van der Waals surface area contributed by atoms with Crippen LogP contribution in [0.4, 0.5) is 5.82 Å². The second-order valence-electron chi connectivity index (χ2n) is 3.20. The van der Waals surface area contributed by atoms with Crippen LogP contribution in [0.1, 0.15) is 0 Å². The number of hydrogen-bond acceptors (Lipinski definition) is 3. The van der Waals surface area contributed by atoms with Gasteiger partial charge in [0, 0.05) is 19.3 Å². The first-order valence-corrected chi connectivity index (χ1v) is 4.58.